The van der Waals surface area contributed by atoms with E-state index in [2.05, 4.69) is 26.1 Å². The Kier molecular flexibility index (Phi) is 10.7. The molecule has 1 aliphatic rings. The third kappa shape index (κ3) is 7.23. The summed E-state index contributed by atoms with van der Waals surface area (Å²) in [5, 5.41) is 18.1. The van der Waals surface area contributed by atoms with E-state index in [0.29, 0.717) is 24.8 Å². The van der Waals surface area contributed by atoms with Gasteiger partial charge < -0.3 is 23.9 Å². The minimum Gasteiger partial charge on any atom is -0.492 e. The van der Waals surface area contributed by atoms with Crippen LogP contribution in [0.3, 0.4) is 0 Å². The van der Waals surface area contributed by atoms with Crippen molar-refractivity contribution in [3.8, 4) is 23.0 Å². The molecular weight excluding hydrogens is 467 g/mol. The molecule has 3 aromatic rings. The lowest BCUT2D eigenvalue weighted by Crippen LogP contribution is -2.49. The quantitative estimate of drug-likeness (QED) is 0.481. The number of aliphatic hydroxyl groups excluding tert-OH is 1. The maximum atomic E-state index is 10.5. The maximum Gasteiger partial charge on any atom is 0.247 e. The fourth-order valence-electron chi connectivity index (χ4n) is 3.73. The summed E-state index contributed by atoms with van der Waals surface area (Å²) in [5.41, 5.74) is 1.92. The molecule has 2 heterocycles. The van der Waals surface area contributed by atoms with E-state index in [1.807, 2.05) is 49.4 Å². The molecule has 0 radical (unpaired) electrons. The summed E-state index contributed by atoms with van der Waals surface area (Å²) in [6.45, 7) is 6.99. The van der Waals surface area contributed by atoms with Crippen molar-refractivity contribution in [2.75, 3.05) is 50.8 Å². The first-order valence-electron chi connectivity index (χ1n) is 10.6. The highest BCUT2D eigenvalue weighted by molar-refractivity contribution is 5.85. The Hall–Kier alpha value is -2.52. The number of hydrogen-bond donors (Lipinski definition) is 1. The first-order chi connectivity index (χ1) is 15.2. The molecule has 180 valence electrons. The predicted molar refractivity (Wildman–Crippen MR) is 132 cm³/mol. The number of hydrogen-bond acceptors (Lipinski definition) is 8. The van der Waals surface area contributed by atoms with Crippen molar-refractivity contribution >= 4 is 30.5 Å². The molecule has 33 heavy (non-hydrogen) atoms. The molecule has 8 nitrogen and oxygen atoms in total. The lowest BCUT2D eigenvalue weighted by molar-refractivity contribution is 0.0663. The van der Waals surface area contributed by atoms with Gasteiger partial charge in [-0.05, 0) is 37.3 Å². The van der Waals surface area contributed by atoms with Crippen LogP contribution in [0.25, 0.3) is 11.5 Å². The molecule has 0 bridgehead atoms. The first kappa shape index (κ1) is 26.7. The number of halogens is 2. The summed E-state index contributed by atoms with van der Waals surface area (Å²) in [6, 6.07) is 15.6. The van der Waals surface area contributed by atoms with Gasteiger partial charge in [-0.3, -0.25) is 4.90 Å². The summed E-state index contributed by atoms with van der Waals surface area (Å²) in [7, 11) is 0. The number of nitrogens with zero attached hydrogens (tertiary/aromatic N) is 4. The molecule has 0 aliphatic carbocycles. The van der Waals surface area contributed by atoms with Crippen LogP contribution in [0.1, 0.15) is 6.92 Å². The predicted octanol–water partition coefficient (Wildman–Crippen LogP) is 3.54. The summed E-state index contributed by atoms with van der Waals surface area (Å²) < 4.78 is 16.8. The molecule has 0 saturated carbocycles. The van der Waals surface area contributed by atoms with E-state index >= 15 is 0 Å². The van der Waals surface area contributed by atoms with Crippen LogP contribution in [-0.4, -0.2) is 72.2 Å². The van der Waals surface area contributed by atoms with Crippen molar-refractivity contribution in [3.05, 3.63) is 54.9 Å². The number of β-amino-alcohol motifs (C(OH)–C–C–N with tert-alkyl or cyclic N) is 1. The van der Waals surface area contributed by atoms with Crippen molar-refractivity contribution in [3.63, 3.8) is 0 Å². The van der Waals surface area contributed by atoms with E-state index < -0.39 is 6.10 Å². The van der Waals surface area contributed by atoms with E-state index in [-0.39, 0.29) is 31.4 Å². The van der Waals surface area contributed by atoms with Gasteiger partial charge in [0.2, 0.25) is 12.3 Å². The zero-order chi connectivity index (χ0) is 21.5. The molecule has 1 aliphatic heterocycles. The topological polar surface area (TPSA) is 84.1 Å². The molecule has 1 aromatic heterocycles. The lowest BCUT2D eigenvalue weighted by atomic mass is 10.2. The van der Waals surface area contributed by atoms with Crippen LogP contribution in [0.2, 0.25) is 0 Å². The standard InChI is InChI=1S/C23H28N4O4.2ClH/c1-2-29-22-9-4-3-8-21(22)27-12-10-26(11-13-27)15-19(28)16-30-20-7-5-6-18(14-20)23-25-24-17-31-23;;/h3-9,14,17,19,28H,2,10-13,15-16H2,1H3;2*1H. The first-order valence-corrected chi connectivity index (χ1v) is 10.6. The SMILES string of the molecule is CCOc1ccccc1N1CCN(CC(O)COc2cccc(-c3nnco3)c2)CC1.Cl.Cl. The molecular formula is C23H30Cl2N4O4. The van der Waals surface area contributed by atoms with Crippen LogP contribution in [0.5, 0.6) is 11.5 Å². The molecule has 1 unspecified atom stereocenters. The van der Waals surface area contributed by atoms with E-state index in [4.69, 9.17) is 13.9 Å². The van der Waals surface area contributed by atoms with E-state index in [1.54, 1.807) is 0 Å². The maximum absolute atomic E-state index is 10.5. The van der Waals surface area contributed by atoms with E-state index in [1.165, 1.54) is 6.39 Å². The zero-order valence-corrected chi connectivity index (χ0v) is 20.1. The van der Waals surface area contributed by atoms with Gasteiger partial charge in [-0.25, -0.2) is 0 Å². The van der Waals surface area contributed by atoms with Crippen LogP contribution < -0.4 is 14.4 Å². The van der Waals surface area contributed by atoms with Gasteiger partial charge in [-0.15, -0.1) is 35.0 Å². The average molecular weight is 497 g/mol. The number of aromatic nitrogens is 2. The molecule has 1 fully saturated rings. The molecule has 0 spiro atoms. The minimum atomic E-state index is -0.575. The van der Waals surface area contributed by atoms with Gasteiger partial charge >= 0.3 is 0 Å². The average Bonchev–Trinajstić information content (AvgIpc) is 3.34. The fourth-order valence-corrected chi connectivity index (χ4v) is 3.73. The van der Waals surface area contributed by atoms with Crippen LogP contribution in [-0.2, 0) is 0 Å². The van der Waals surface area contributed by atoms with Crippen molar-refractivity contribution < 1.29 is 19.0 Å². The highest BCUT2D eigenvalue weighted by atomic mass is 35.5. The van der Waals surface area contributed by atoms with Gasteiger partial charge in [0.25, 0.3) is 0 Å². The number of aliphatic hydroxyl groups is 1. The van der Waals surface area contributed by atoms with Crippen molar-refractivity contribution in [2.45, 2.75) is 13.0 Å². The van der Waals surface area contributed by atoms with Crippen molar-refractivity contribution in [1.29, 1.82) is 0 Å². The Morgan fingerprint density at radius 1 is 1.03 bits per heavy atom. The molecule has 2 aromatic carbocycles. The highest BCUT2D eigenvalue weighted by Gasteiger charge is 2.21. The second kappa shape index (κ2) is 13.3. The van der Waals surface area contributed by atoms with Gasteiger partial charge in [-0.2, -0.15) is 0 Å². The van der Waals surface area contributed by atoms with Gasteiger partial charge in [0.05, 0.1) is 12.3 Å². The number of ether oxygens (including phenoxy) is 2. The van der Waals surface area contributed by atoms with Gasteiger partial charge in [0.1, 0.15) is 24.2 Å². The Bertz CT molecular complexity index is 953. The lowest BCUT2D eigenvalue weighted by Gasteiger charge is -2.37. The van der Waals surface area contributed by atoms with Gasteiger partial charge in [-0.1, -0.05) is 18.2 Å². The molecule has 1 atom stereocenters. The fraction of sp³-hybridized carbons (Fsp3) is 0.391. The van der Waals surface area contributed by atoms with Crippen LogP contribution in [0.4, 0.5) is 5.69 Å². The smallest absolute Gasteiger partial charge is 0.247 e. The van der Waals surface area contributed by atoms with Gasteiger partial charge in [0, 0.05) is 38.3 Å². The van der Waals surface area contributed by atoms with Crippen LogP contribution >= 0.6 is 24.8 Å². The monoisotopic (exact) mass is 496 g/mol. The Balaban J connectivity index is 0.00000193. The number of benzene rings is 2. The highest BCUT2D eigenvalue weighted by Crippen LogP contribution is 2.29. The van der Waals surface area contributed by atoms with E-state index in [9.17, 15) is 5.11 Å². The number of piperazine rings is 1. The van der Waals surface area contributed by atoms with Crippen LogP contribution in [0, 0.1) is 0 Å². The summed E-state index contributed by atoms with van der Waals surface area (Å²) in [6.07, 6.45) is 0.719. The minimum absolute atomic E-state index is 0. The van der Waals surface area contributed by atoms with Crippen LogP contribution in [0.15, 0.2) is 59.3 Å². The second-order valence-corrected chi connectivity index (χ2v) is 7.42. The third-order valence-corrected chi connectivity index (χ3v) is 5.23. The Morgan fingerprint density at radius 2 is 1.82 bits per heavy atom. The molecule has 1 N–H and O–H groups in total. The normalized spacial score (nSPS) is 14.7. The molecule has 4 rings (SSSR count). The zero-order valence-electron chi connectivity index (χ0n) is 18.5. The van der Waals surface area contributed by atoms with Crippen molar-refractivity contribution in [1.82, 2.24) is 15.1 Å². The molecule has 0 amide bonds. The Morgan fingerprint density at radius 3 is 2.55 bits per heavy atom. The summed E-state index contributed by atoms with van der Waals surface area (Å²) in [5.74, 6) is 2.02. The van der Waals surface area contributed by atoms with Crippen molar-refractivity contribution in [2.24, 2.45) is 0 Å². The molecule has 10 heteroatoms. The van der Waals surface area contributed by atoms with Gasteiger partial charge in [0.15, 0.2) is 0 Å². The largest absolute Gasteiger partial charge is 0.492 e. The summed E-state index contributed by atoms with van der Waals surface area (Å²) in [4.78, 5) is 4.61. The van der Waals surface area contributed by atoms with E-state index in [0.717, 1.165) is 43.2 Å². The Labute approximate surface area is 206 Å². The molecule has 1 saturated heterocycles. The summed E-state index contributed by atoms with van der Waals surface area (Å²) >= 11 is 0. The number of anilines is 1. The second-order valence-electron chi connectivity index (χ2n) is 7.42. The number of para-hydroxylation sites is 2. The number of rotatable bonds is 9. The third-order valence-electron chi connectivity index (χ3n) is 5.23.